The number of para-hydroxylation sites is 2. The van der Waals surface area contributed by atoms with E-state index in [1.807, 2.05) is 24.3 Å². The fourth-order valence-electron chi connectivity index (χ4n) is 2.87. The maximum Gasteiger partial charge on any atom is 0.220 e. The minimum Gasteiger partial charge on any atom is -0.491 e. The number of likely N-dealkylation sites (tertiary alicyclic amines) is 1. The van der Waals surface area contributed by atoms with Crippen molar-refractivity contribution in [3.05, 3.63) is 24.3 Å². The minimum atomic E-state index is -0.337. The van der Waals surface area contributed by atoms with Crippen LogP contribution in [-0.4, -0.2) is 42.6 Å². The molecule has 1 heterocycles. The molecule has 2 aliphatic rings. The molecule has 3 rings (SSSR count). The number of benzene rings is 1. The van der Waals surface area contributed by atoms with E-state index in [4.69, 9.17) is 10.5 Å². The summed E-state index contributed by atoms with van der Waals surface area (Å²) in [6.07, 6.45) is 4.14. The van der Waals surface area contributed by atoms with E-state index < -0.39 is 0 Å². The van der Waals surface area contributed by atoms with Crippen molar-refractivity contribution < 1.29 is 9.53 Å². The predicted octanol–water partition coefficient (Wildman–Crippen LogP) is 1.59. The number of amides is 1. The van der Waals surface area contributed by atoms with Gasteiger partial charge in [-0.1, -0.05) is 12.1 Å². The van der Waals surface area contributed by atoms with E-state index in [0.29, 0.717) is 12.6 Å². The van der Waals surface area contributed by atoms with Crippen molar-refractivity contribution in [1.82, 2.24) is 4.90 Å². The molecule has 3 N–H and O–H groups in total. The first-order valence-corrected chi connectivity index (χ1v) is 7.73. The molecule has 1 atom stereocenters. The molecule has 0 spiro atoms. The second kappa shape index (κ2) is 6.35. The topological polar surface area (TPSA) is 67.6 Å². The van der Waals surface area contributed by atoms with Crippen LogP contribution in [0.1, 0.15) is 25.7 Å². The molecule has 1 aliphatic heterocycles. The van der Waals surface area contributed by atoms with Crippen molar-refractivity contribution >= 4 is 11.6 Å². The molecule has 1 unspecified atom stereocenters. The number of hydrogen-bond acceptors (Lipinski definition) is 4. The van der Waals surface area contributed by atoms with Crippen LogP contribution < -0.4 is 15.8 Å². The van der Waals surface area contributed by atoms with Crippen LogP contribution in [0.4, 0.5) is 5.69 Å². The predicted molar refractivity (Wildman–Crippen MR) is 82.4 cm³/mol. The third-order valence-electron chi connectivity index (χ3n) is 4.14. The Kier molecular flexibility index (Phi) is 4.29. The Morgan fingerprint density at radius 1 is 1.33 bits per heavy atom. The maximum atomic E-state index is 10.8. The molecule has 1 saturated carbocycles. The normalized spacial score (nSPS) is 22.2. The van der Waals surface area contributed by atoms with Gasteiger partial charge in [0.25, 0.3) is 0 Å². The van der Waals surface area contributed by atoms with Crippen LogP contribution in [-0.2, 0) is 4.79 Å². The highest BCUT2D eigenvalue weighted by Crippen LogP contribution is 2.32. The highest BCUT2D eigenvalue weighted by atomic mass is 16.5. The van der Waals surface area contributed by atoms with E-state index in [-0.39, 0.29) is 12.3 Å². The average molecular weight is 289 g/mol. The molecule has 0 aromatic heterocycles. The third kappa shape index (κ3) is 3.88. The summed E-state index contributed by atoms with van der Waals surface area (Å²) in [6, 6.07) is 9.20. The summed E-state index contributed by atoms with van der Waals surface area (Å²) in [4.78, 5) is 13.4. The minimum absolute atomic E-state index is 0.243. The van der Waals surface area contributed by atoms with E-state index in [2.05, 4.69) is 10.2 Å². The zero-order valence-electron chi connectivity index (χ0n) is 12.3. The summed E-state index contributed by atoms with van der Waals surface area (Å²) in [5.74, 6) is 0.458. The maximum absolute atomic E-state index is 10.8. The molecule has 1 aromatic carbocycles. The van der Waals surface area contributed by atoms with E-state index in [9.17, 15) is 4.79 Å². The molecule has 5 nitrogen and oxygen atoms in total. The van der Waals surface area contributed by atoms with Gasteiger partial charge in [0, 0.05) is 25.2 Å². The molecule has 1 aliphatic carbocycles. The lowest BCUT2D eigenvalue weighted by Gasteiger charge is -2.18. The quantitative estimate of drug-likeness (QED) is 0.800. The number of ether oxygens (including phenoxy) is 1. The van der Waals surface area contributed by atoms with Crippen molar-refractivity contribution in [2.45, 2.75) is 37.8 Å². The second-order valence-corrected chi connectivity index (χ2v) is 5.92. The van der Waals surface area contributed by atoms with Crippen molar-refractivity contribution in [2.75, 3.05) is 25.0 Å². The van der Waals surface area contributed by atoms with Gasteiger partial charge in [-0.15, -0.1) is 0 Å². The third-order valence-corrected chi connectivity index (χ3v) is 4.14. The van der Waals surface area contributed by atoms with Gasteiger partial charge in [0.2, 0.25) is 5.91 Å². The van der Waals surface area contributed by atoms with Gasteiger partial charge >= 0.3 is 0 Å². The molecule has 114 valence electrons. The molecular weight excluding hydrogens is 266 g/mol. The first-order valence-electron chi connectivity index (χ1n) is 7.73. The van der Waals surface area contributed by atoms with E-state index in [1.54, 1.807) is 0 Å². The number of nitrogens with zero attached hydrogens (tertiary/aromatic N) is 1. The van der Waals surface area contributed by atoms with Gasteiger partial charge in [0.15, 0.2) is 0 Å². The number of nitrogens with one attached hydrogen (secondary N) is 1. The van der Waals surface area contributed by atoms with Gasteiger partial charge in [-0.2, -0.15) is 0 Å². The Morgan fingerprint density at radius 3 is 2.90 bits per heavy atom. The zero-order valence-corrected chi connectivity index (χ0v) is 12.3. The van der Waals surface area contributed by atoms with E-state index in [1.165, 1.54) is 25.8 Å². The molecule has 5 heteroatoms. The van der Waals surface area contributed by atoms with Gasteiger partial charge in [-0.25, -0.2) is 0 Å². The number of carbonyl (C=O) groups excluding carboxylic acids is 1. The molecule has 0 radical (unpaired) electrons. The van der Waals surface area contributed by atoms with E-state index >= 15 is 0 Å². The number of primary amides is 1. The standard InChI is InChI=1S/C16H23N3O2/c17-16(20)8-10-21-15-4-2-1-3-14(15)18-12-7-9-19(11-12)13-5-6-13/h1-4,12-13,18H,5-11H2,(H2,17,20). The fraction of sp³-hybridized carbons (Fsp3) is 0.562. The molecular formula is C16H23N3O2. The largest absolute Gasteiger partial charge is 0.491 e. The number of hydrogen-bond donors (Lipinski definition) is 2. The van der Waals surface area contributed by atoms with Crippen LogP contribution in [0.15, 0.2) is 24.3 Å². The summed E-state index contributed by atoms with van der Waals surface area (Å²) < 4.78 is 5.67. The first kappa shape index (κ1) is 14.2. The van der Waals surface area contributed by atoms with Crippen LogP contribution in [0.2, 0.25) is 0 Å². The van der Waals surface area contributed by atoms with Gasteiger partial charge in [-0.05, 0) is 31.4 Å². The lowest BCUT2D eigenvalue weighted by molar-refractivity contribution is -0.118. The van der Waals surface area contributed by atoms with E-state index in [0.717, 1.165) is 24.0 Å². The summed E-state index contributed by atoms with van der Waals surface area (Å²) >= 11 is 0. The van der Waals surface area contributed by atoms with Crippen LogP contribution in [0.5, 0.6) is 5.75 Å². The Morgan fingerprint density at radius 2 is 2.14 bits per heavy atom. The van der Waals surface area contributed by atoms with Crippen molar-refractivity contribution in [2.24, 2.45) is 5.73 Å². The van der Waals surface area contributed by atoms with Crippen molar-refractivity contribution in [1.29, 1.82) is 0 Å². The Bertz CT molecular complexity index is 502. The molecule has 2 fully saturated rings. The van der Waals surface area contributed by atoms with Gasteiger partial charge in [0.1, 0.15) is 5.75 Å². The van der Waals surface area contributed by atoms with Gasteiger partial charge in [-0.3, -0.25) is 9.69 Å². The smallest absolute Gasteiger partial charge is 0.220 e. The lowest BCUT2D eigenvalue weighted by Crippen LogP contribution is -2.27. The van der Waals surface area contributed by atoms with Crippen molar-refractivity contribution in [3.8, 4) is 5.75 Å². The second-order valence-electron chi connectivity index (χ2n) is 5.92. The highest BCUT2D eigenvalue weighted by Gasteiger charge is 2.34. The number of nitrogens with two attached hydrogens (primary N) is 1. The molecule has 21 heavy (non-hydrogen) atoms. The SMILES string of the molecule is NC(=O)CCOc1ccccc1NC1CCN(C2CC2)C1. The van der Waals surface area contributed by atoms with Gasteiger partial charge < -0.3 is 15.8 Å². The number of anilines is 1. The summed E-state index contributed by atoms with van der Waals surface area (Å²) in [7, 11) is 0. The molecule has 1 saturated heterocycles. The summed E-state index contributed by atoms with van der Waals surface area (Å²) in [6.45, 7) is 2.63. The fourth-order valence-corrected chi connectivity index (χ4v) is 2.87. The molecule has 0 bridgehead atoms. The number of rotatable bonds is 7. The van der Waals surface area contributed by atoms with Crippen LogP contribution >= 0.6 is 0 Å². The van der Waals surface area contributed by atoms with Gasteiger partial charge in [0.05, 0.1) is 18.7 Å². The lowest BCUT2D eigenvalue weighted by atomic mass is 10.2. The summed E-state index contributed by atoms with van der Waals surface area (Å²) in [5.41, 5.74) is 6.14. The number of carbonyl (C=O) groups is 1. The average Bonchev–Trinajstić information content (AvgIpc) is 3.21. The van der Waals surface area contributed by atoms with Crippen molar-refractivity contribution in [3.63, 3.8) is 0 Å². The first-order chi connectivity index (χ1) is 10.2. The molecule has 1 aromatic rings. The van der Waals surface area contributed by atoms with Crippen LogP contribution in [0.3, 0.4) is 0 Å². The summed E-state index contributed by atoms with van der Waals surface area (Å²) in [5, 5.41) is 3.58. The monoisotopic (exact) mass is 289 g/mol. The zero-order chi connectivity index (χ0) is 14.7. The van der Waals surface area contributed by atoms with Crippen LogP contribution in [0.25, 0.3) is 0 Å². The Balaban J connectivity index is 1.55. The Labute approximate surface area is 125 Å². The Hall–Kier alpha value is -1.75. The van der Waals surface area contributed by atoms with Crippen LogP contribution in [0, 0.1) is 0 Å². The molecule has 1 amide bonds. The highest BCUT2D eigenvalue weighted by molar-refractivity contribution is 5.73.